The molecule has 0 bridgehead atoms. The van der Waals surface area contributed by atoms with Crippen LogP contribution in [-0.4, -0.2) is 17.9 Å². The number of hydrazone groups is 1. The van der Waals surface area contributed by atoms with Gasteiger partial charge in [0.25, 0.3) is 0 Å². The van der Waals surface area contributed by atoms with Gasteiger partial charge in [-0.15, -0.1) is 0 Å². The summed E-state index contributed by atoms with van der Waals surface area (Å²) in [6, 6.07) is 8.79. The molecule has 2 aromatic carbocycles. The minimum atomic E-state index is 0.0693. The van der Waals surface area contributed by atoms with Crippen LogP contribution >= 0.6 is 39.1 Å². The van der Waals surface area contributed by atoms with E-state index >= 15 is 0 Å². The van der Waals surface area contributed by atoms with Crippen molar-refractivity contribution in [3.63, 3.8) is 0 Å². The molecule has 0 aliphatic heterocycles. The van der Waals surface area contributed by atoms with Crippen molar-refractivity contribution in [2.45, 2.75) is 13.5 Å². The van der Waals surface area contributed by atoms with Gasteiger partial charge in [-0.05, 0) is 52.7 Å². The first-order valence-electron chi connectivity index (χ1n) is 6.87. The summed E-state index contributed by atoms with van der Waals surface area (Å²) in [4.78, 5) is 0. The predicted molar refractivity (Wildman–Crippen MR) is 97.9 cm³/mol. The van der Waals surface area contributed by atoms with E-state index in [2.05, 4.69) is 26.5 Å². The van der Waals surface area contributed by atoms with E-state index < -0.39 is 0 Å². The summed E-state index contributed by atoms with van der Waals surface area (Å²) < 4.78 is 5.91. The van der Waals surface area contributed by atoms with Crippen LogP contribution < -0.4 is 10.2 Å². The Kier molecular flexibility index (Phi) is 6.57. The number of phenolic OH excluding ortho intramolecular Hbond substituents is 1. The van der Waals surface area contributed by atoms with E-state index in [0.717, 1.165) is 11.1 Å². The van der Waals surface area contributed by atoms with E-state index in [9.17, 15) is 5.11 Å². The fraction of sp³-hybridized carbons (Fsp3) is 0.188. The second-order valence-corrected chi connectivity index (χ2v) is 6.24. The largest absolute Gasteiger partial charge is 0.503 e. The van der Waals surface area contributed by atoms with Crippen LogP contribution in [0.5, 0.6) is 11.5 Å². The maximum atomic E-state index is 9.87. The lowest BCUT2D eigenvalue weighted by molar-refractivity contribution is 0.317. The van der Waals surface area contributed by atoms with Crippen LogP contribution in [-0.2, 0) is 6.54 Å². The van der Waals surface area contributed by atoms with Crippen molar-refractivity contribution in [1.29, 1.82) is 0 Å². The van der Waals surface area contributed by atoms with Gasteiger partial charge in [0.15, 0.2) is 11.5 Å². The molecule has 0 spiro atoms. The molecule has 0 saturated carbocycles. The zero-order valence-electron chi connectivity index (χ0n) is 12.3. The third-order valence-corrected chi connectivity index (χ3v) is 4.29. The van der Waals surface area contributed by atoms with Gasteiger partial charge in [0.1, 0.15) is 0 Å². The summed E-state index contributed by atoms with van der Waals surface area (Å²) in [5.41, 5.74) is 4.46. The number of nitrogens with zero attached hydrogens (tertiary/aromatic N) is 1. The molecule has 0 aliphatic carbocycles. The number of rotatable bonds is 6. The molecule has 23 heavy (non-hydrogen) atoms. The van der Waals surface area contributed by atoms with Gasteiger partial charge in [-0.3, -0.25) is 0 Å². The van der Waals surface area contributed by atoms with Gasteiger partial charge in [0.05, 0.1) is 23.8 Å². The van der Waals surface area contributed by atoms with Crippen molar-refractivity contribution in [2.75, 3.05) is 6.61 Å². The molecular formula is C16H15BrCl2N2O2. The summed E-state index contributed by atoms with van der Waals surface area (Å²) in [5.74, 6) is 0.470. The van der Waals surface area contributed by atoms with Crippen molar-refractivity contribution in [2.24, 2.45) is 5.10 Å². The molecular weight excluding hydrogens is 403 g/mol. The lowest BCUT2D eigenvalue weighted by Crippen LogP contribution is -2.06. The Morgan fingerprint density at radius 3 is 2.65 bits per heavy atom. The molecule has 2 rings (SSSR count). The first-order chi connectivity index (χ1) is 11.0. The standard InChI is InChI=1S/C16H15BrCl2N2O2/c1-2-23-15-7-10(6-12(17)16(15)22)8-20-21-9-11-13(18)4-3-5-14(11)19/h3-8,21-22H,2,9H2,1H3/b20-8-. The fourth-order valence-electron chi connectivity index (χ4n) is 1.88. The quantitative estimate of drug-likeness (QED) is 0.514. The van der Waals surface area contributed by atoms with Crippen LogP contribution in [0.2, 0.25) is 10.0 Å². The van der Waals surface area contributed by atoms with E-state index in [0.29, 0.717) is 33.4 Å². The van der Waals surface area contributed by atoms with E-state index in [4.69, 9.17) is 27.9 Å². The number of nitrogens with one attached hydrogen (secondary N) is 1. The molecule has 7 heteroatoms. The van der Waals surface area contributed by atoms with Gasteiger partial charge in [-0.1, -0.05) is 29.3 Å². The summed E-state index contributed by atoms with van der Waals surface area (Å²) in [6.07, 6.45) is 1.62. The third-order valence-electron chi connectivity index (χ3n) is 2.97. The Hall–Kier alpha value is -1.43. The van der Waals surface area contributed by atoms with E-state index in [1.165, 1.54) is 0 Å². The lowest BCUT2D eigenvalue weighted by atomic mass is 10.2. The number of hydrogen-bond donors (Lipinski definition) is 2. The molecule has 122 valence electrons. The number of aromatic hydroxyl groups is 1. The Morgan fingerprint density at radius 2 is 2.00 bits per heavy atom. The monoisotopic (exact) mass is 416 g/mol. The van der Waals surface area contributed by atoms with Crippen molar-refractivity contribution in [3.8, 4) is 11.5 Å². The van der Waals surface area contributed by atoms with Crippen molar-refractivity contribution in [1.82, 2.24) is 5.43 Å². The van der Waals surface area contributed by atoms with Crippen molar-refractivity contribution in [3.05, 3.63) is 56.0 Å². The van der Waals surface area contributed by atoms with Crippen LogP contribution in [0.1, 0.15) is 18.1 Å². The summed E-state index contributed by atoms with van der Waals surface area (Å²) in [5, 5.41) is 15.2. The Labute approximate surface area is 153 Å². The van der Waals surface area contributed by atoms with Crippen LogP contribution in [0.3, 0.4) is 0 Å². The highest BCUT2D eigenvalue weighted by Crippen LogP contribution is 2.35. The smallest absolute Gasteiger partial charge is 0.172 e. The lowest BCUT2D eigenvalue weighted by Gasteiger charge is -2.08. The third kappa shape index (κ3) is 4.77. The van der Waals surface area contributed by atoms with Gasteiger partial charge in [0.2, 0.25) is 0 Å². The van der Waals surface area contributed by atoms with E-state index in [1.807, 2.05) is 6.92 Å². The normalized spacial score (nSPS) is 11.0. The second-order valence-electron chi connectivity index (χ2n) is 4.58. The van der Waals surface area contributed by atoms with Gasteiger partial charge >= 0.3 is 0 Å². The minimum Gasteiger partial charge on any atom is -0.503 e. The molecule has 0 aliphatic rings. The van der Waals surface area contributed by atoms with Gasteiger partial charge in [-0.25, -0.2) is 0 Å². The summed E-state index contributed by atoms with van der Waals surface area (Å²) in [6.45, 7) is 2.72. The molecule has 0 atom stereocenters. The first-order valence-corrected chi connectivity index (χ1v) is 8.42. The first kappa shape index (κ1) is 17.9. The van der Waals surface area contributed by atoms with Gasteiger partial charge in [-0.2, -0.15) is 5.10 Å². The van der Waals surface area contributed by atoms with Crippen LogP contribution in [0.25, 0.3) is 0 Å². The highest BCUT2D eigenvalue weighted by atomic mass is 79.9. The zero-order chi connectivity index (χ0) is 16.8. The van der Waals surface area contributed by atoms with E-state index in [-0.39, 0.29) is 5.75 Å². The van der Waals surface area contributed by atoms with Crippen LogP contribution in [0.4, 0.5) is 0 Å². The maximum absolute atomic E-state index is 9.87. The van der Waals surface area contributed by atoms with Gasteiger partial charge < -0.3 is 15.3 Å². The molecule has 4 nitrogen and oxygen atoms in total. The molecule has 0 heterocycles. The number of benzene rings is 2. The maximum Gasteiger partial charge on any atom is 0.172 e. The average molecular weight is 418 g/mol. The van der Waals surface area contributed by atoms with E-state index in [1.54, 1.807) is 36.5 Å². The molecule has 0 saturated heterocycles. The molecule has 0 radical (unpaired) electrons. The van der Waals surface area contributed by atoms with Crippen LogP contribution in [0.15, 0.2) is 39.9 Å². The van der Waals surface area contributed by atoms with Crippen molar-refractivity contribution >= 4 is 45.3 Å². The molecule has 0 unspecified atom stereocenters. The summed E-state index contributed by atoms with van der Waals surface area (Å²) >= 11 is 15.5. The van der Waals surface area contributed by atoms with Crippen molar-refractivity contribution < 1.29 is 9.84 Å². The highest BCUT2D eigenvalue weighted by molar-refractivity contribution is 9.10. The second kappa shape index (κ2) is 8.43. The summed E-state index contributed by atoms with van der Waals surface area (Å²) in [7, 11) is 0. The van der Waals surface area contributed by atoms with Gasteiger partial charge in [0, 0.05) is 15.6 Å². The number of phenols is 1. The molecule has 0 aromatic heterocycles. The van der Waals surface area contributed by atoms with Crippen LogP contribution in [0, 0.1) is 0 Å². The number of ether oxygens (including phenoxy) is 1. The average Bonchev–Trinajstić information content (AvgIpc) is 2.51. The molecule has 0 fully saturated rings. The topological polar surface area (TPSA) is 53.8 Å². The molecule has 0 amide bonds. The Balaban J connectivity index is 2.06. The Bertz CT molecular complexity index is 703. The molecule has 2 aromatic rings. The minimum absolute atomic E-state index is 0.0693. The zero-order valence-corrected chi connectivity index (χ0v) is 15.4. The molecule has 2 N–H and O–H groups in total. The number of hydrogen-bond acceptors (Lipinski definition) is 4. The Morgan fingerprint density at radius 1 is 1.30 bits per heavy atom. The SMILES string of the molecule is CCOc1cc(/C=N\NCc2c(Cl)cccc2Cl)cc(Br)c1O. The number of halogens is 3. The highest BCUT2D eigenvalue weighted by Gasteiger charge is 2.08. The predicted octanol–water partition coefficient (Wildman–Crippen LogP) is 4.98. The fourth-order valence-corrected chi connectivity index (χ4v) is 2.87.